The molecule has 0 spiro atoms. The Morgan fingerprint density at radius 2 is 1.88 bits per heavy atom. The van der Waals surface area contributed by atoms with E-state index in [2.05, 4.69) is 24.5 Å². The Labute approximate surface area is 97.9 Å². The predicted octanol–water partition coefficient (Wildman–Crippen LogP) is 0.500. The molecule has 1 amide bonds. The lowest BCUT2D eigenvalue weighted by Gasteiger charge is -2.14. The van der Waals surface area contributed by atoms with E-state index in [1.807, 2.05) is 0 Å². The predicted molar refractivity (Wildman–Crippen MR) is 63.2 cm³/mol. The van der Waals surface area contributed by atoms with Gasteiger partial charge in [0.25, 0.3) is 0 Å². The van der Waals surface area contributed by atoms with Gasteiger partial charge in [-0.15, -0.1) is 0 Å². The Kier molecular flexibility index (Phi) is 9.18. The van der Waals surface area contributed by atoms with Crippen LogP contribution in [-0.4, -0.2) is 45.5 Å². The van der Waals surface area contributed by atoms with Crippen molar-refractivity contribution in [3.63, 3.8) is 0 Å². The molecular weight excluding hydrogens is 208 g/mol. The summed E-state index contributed by atoms with van der Waals surface area (Å²) in [6.45, 7) is 5.43. The van der Waals surface area contributed by atoms with E-state index in [0.29, 0.717) is 19.0 Å². The number of hydrogen-bond acceptors (Lipinski definition) is 4. The number of carbonyl (C=O) groups is 1. The monoisotopic (exact) mass is 232 g/mol. The molecule has 0 aromatic carbocycles. The maximum absolute atomic E-state index is 11.4. The summed E-state index contributed by atoms with van der Waals surface area (Å²) in [4.78, 5) is 11.4. The Morgan fingerprint density at radius 3 is 2.38 bits per heavy atom. The van der Waals surface area contributed by atoms with Crippen molar-refractivity contribution in [2.45, 2.75) is 39.0 Å². The molecule has 0 aromatic rings. The lowest BCUT2D eigenvalue weighted by Crippen LogP contribution is -2.34. The quantitative estimate of drug-likeness (QED) is 0.449. The van der Waals surface area contributed by atoms with Crippen molar-refractivity contribution in [1.82, 2.24) is 10.6 Å². The molecule has 96 valence electrons. The lowest BCUT2D eigenvalue weighted by atomic mass is 10.2. The SMILES string of the molecule is COC(CNC(=O)CCCNC(C)C)OC. The molecule has 0 saturated heterocycles. The molecule has 0 aliphatic rings. The van der Waals surface area contributed by atoms with Gasteiger partial charge in [-0.05, 0) is 13.0 Å². The van der Waals surface area contributed by atoms with E-state index in [4.69, 9.17) is 9.47 Å². The van der Waals surface area contributed by atoms with Crippen LogP contribution < -0.4 is 10.6 Å². The van der Waals surface area contributed by atoms with Crippen LogP contribution in [0.3, 0.4) is 0 Å². The number of methoxy groups -OCH3 is 2. The molecule has 5 nitrogen and oxygen atoms in total. The third kappa shape index (κ3) is 8.64. The second-order valence-corrected chi connectivity index (χ2v) is 3.92. The zero-order chi connectivity index (χ0) is 12.4. The van der Waals surface area contributed by atoms with Crippen molar-refractivity contribution < 1.29 is 14.3 Å². The maximum Gasteiger partial charge on any atom is 0.220 e. The molecule has 0 saturated carbocycles. The van der Waals surface area contributed by atoms with Crippen LogP contribution in [0.1, 0.15) is 26.7 Å². The number of rotatable bonds is 9. The number of hydrogen-bond donors (Lipinski definition) is 2. The first-order valence-electron chi connectivity index (χ1n) is 5.65. The number of nitrogens with one attached hydrogen (secondary N) is 2. The van der Waals surface area contributed by atoms with Crippen LogP contribution in [0.15, 0.2) is 0 Å². The van der Waals surface area contributed by atoms with E-state index < -0.39 is 0 Å². The largest absolute Gasteiger partial charge is 0.354 e. The summed E-state index contributed by atoms with van der Waals surface area (Å²) in [6, 6.07) is 0.467. The van der Waals surface area contributed by atoms with Crippen molar-refractivity contribution in [2.75, 3.05) is 27.3 Å². The minimum absolute atomic E-state index is 0.0321. The molecule has 0 atom stereocenters. The van der Waals surface area contributed by atoms with E-state index in [9.17, 15) is 4.79 Å². The second kappa shape index (κ2) is 9.57. The van der Waals surface area contributed by atoms with Gasteiger partial charge in [0.1, 0.15) is 0 Å². The van der Waals surface area contributed by atoms with Crippen molar-refractivity contribution in [3.05, 3.63) is 0 Å². The summed E-state index contributed by atoms with van der Waals surface area (Å²) in [6.07, 6.45) is 1.01. The van der Waals surface area contributed by atoms with Crippen LogP contribution in [0.5, 0.6) is 0 Å². The minimum Gasteiger partial charge on any atom is -0.354 e. The third-order valence-electron chi connectivity index (χ3n) is 2.12. The third-order valence-corrected chi connectivity index (χ3v) is 2.12. The average Bonchev–Trinajstić information content (AvgIpc) is 2.25. The molecule has 0 aromatic heterocycles. The lowest BCUT2D eigenvalue weighted by molar-refractivity contribution is -0.127. The molecule has 0 bridgehead atoms. The summed E-state index contributed by atoms with van der Waals surface area (Å²) < 4.78 is 9.92. The van der Waals surface area contributed by atoms with Crippen LogP contribution in [-0.2, 0) is 14.3 Å². The van der Waals surface area contributed by atoms with Gasteiger partial charge in [0.05, 0.1) is 6.54 Å². The van der Waals surface area contributed by atoms with Crippen molar-refractivity contribution in [1.29, 1.82) is 0 Å². The molecule has 5 heteroatoms. The second-order valence-electron chi connectivity index (χ2n) is 3.92. The van der Waals surface area contributed by atoms with Crippen LogP contribution in [0.4, 0.5) is 0 Å². The van der Waals surface area contributed by atoms with Crippen LogP contribution in [0, 0.1) is 0 Å². The first-order valence-corrected chi connectivity index (χ1v) is 5.65. The Morgan fingerprint density at radius 1 is 1.25 bits per heavy atom. The smallest absolute Gasteiger partial charge is 0.220 e. The topological polar surface area (TPSA) is 59.6 Å². The normalized spacial score (nSPS) is 11.1. The molecule has 0 aliphatic heterocycles. The highest BCUT2D eigenvalue weighted by atomic mass is 16.7. The van der Waals surface area contributed by atoms with Gasteiger partial charge in [0, 0.05) is 26.7 Å². The fraction of sp³-hybridized carbons (Fsp3) is 0.909. The number of amides is 1. The van der Waals surface area contributed by atoms with E-state index in [1.54, 1.807) is 14.2 Å². The van der Waals surface area contributed by atoms with Gasteiger partial charge in [0.15, 0.2) is 6.29 Å². The highest BCUT2D eigenvalue weighted by Crippen LogP contribution is 1.91. The summed E-state index contributed by atoms with van der Waals surface area (Å²) in [7, 11) is 3.10. The fourth-order valence-corrected chi connectivity index (χ4v) is 1.19. The molecule has 0 rings (SSSR count). The van der Waals surface area contributed by atoms with E-state index in [1.165, 1.54) is 0 Å². The number of ether oxygens (including phenoxy) is 2. The summed E-state index contributed by atoms with van der Waals surface area (Å²) in [5, 5.41) is 6.01. The van der Waals surface area contributed by atoms with Gasteiger partial charge in [-0.2, -0.15) is 0 Å². The molecule has 2 N–H and O–H groups in total. The molecule has 16 heavy (non-hydrogen) atoms. The van der Waals surface area contributed by atoms with E-state index >= 15 is 0 Å². The van der Waals surface area contributed by atoms with Gasteiger partial charge >= 0.3 is 0 Å². The van der Waals surface area contributed by atoms with Gasteiger partial charge in [-0.25, -0.2) is 0 Å². The first-order chi connectivity index (χ1) is 7.60. The standard InChI is InChI=1S/C11H24N2O3/c1-9(2)12-7-5-6-10(14)13-8-11(15-3)16-4/h9,11-12H,5-8H2,1-4H3,(H,13,14). The van der Waals surface area contributed by atoms with Crippen LogP contribution in [0.25, 0.3) is 0 Å². The first kappa shape index (κ1) is 15.3. The molecule has 0 aliphatic carbocycles. The Hall–Kier alpha value is -0.650. The zero-order valence-electron chi connectivity index (χ0n) is 10.7. The van der Waals surface area contributed by atoms with Crippen LogP contribution >= 0.6 is 0 Å². The molecule has 0 unspecified atom stereocenters. The van der Waals surface area contributed by atoms with Gasteiger partial charge in [0.2, 0.25) is 5.91 Å². The fourth-order valence-electron chi connectivity index (χ4n) is 1.19. The molecule has 0 heterocycles. The van der Waals surface area contributed by atoms with Gasteiger partial charge in [-0.3, -0.25) is 4.79 Å². The molecule has 0 fully saturated rings. The van der Waals surface area contributed by atoms with Crippen LogP contribution in [0.2, 0.25) is 0 Å². The highest BCUT2D eigenvalue weighted by molar-refractivity contribution is 5.75. The van der Waals surface area contributed by atoms with Gasteiger partial charge < -0.3 is 20.1 Å². The van der Waals surface area contributed by atoms with Crippen molar-refractivity contribution in [3.8, 4) is 0 Å². The summed E-state index contributed by atoms with van der Waals surface area (Å²) in [5.41, 5.74) is 0. The van der Waals surface area contributed by atoms with Crippen molar-refractivity contribution >= 4 is 5.91 Å². The van der Waals surface area contributed by atoms with Crippen molar-refractivity contribution in [2.24, 2.45) is 0 Å². The molecular formula is C11H24N2O3. The Balaban J connectivity index is 3.44. The zero-order valence-corrected chi connectivity index (χ0v) is 10.7. The van der Waals surface area contributed by atoms with Gasteiger partial charge in [-0.1, -0.05) is 13.8 Å². The average molecular weight is 232 g/mol. The highest BCUT2D eigenvalue weighted by Gasteiger charge is 2.07. The number of carbonyl (C=O) groups excluding carboxylic acids is 1. The Bertz CT molecular complexity index is 182. The summed E-state index contributed by atoms with van der Waals surface area (Å²) >= 11 is 0. The van der Waals surface area contributed by atoms with E-state index in [-0.39, 0.29) is 12.2 Å². The molecule has 0 radical (unpaired) electrons. The minimum atomic E-state index is -0.363. The summed E-state index contributed by atoms with van der Waals surface area (Å²) in [5.74, 6) is 0.0321. The van der Waals surface area contributed by atoms with E-state index in [0.717, 1.165) is 13.0 Å². The maximum atomic E-state index is 11.4.